The molecule has 0 spiro atoms. The maximum absolute atomic E-state index is 11.8. The van der Waals surface area contributed by atoms with Gasteiger partial charge in [0.05, 0.1) is 24.9 Å². The fraction of sp³-hybridized carbons (Fsp3) is 0.385. The van der Waals surface area contributed by atoms with Crippen LogP contribution in [-0.2, 0) is 9.53 Å². The van der Waals surface area contributed by atoms with Crippen molar-refractivity contribution in [2.45, 2.75) is 13.3 Å². The topological polar surface area (TPSA) is 72.6 Å². The fourth-order valence-electron chi connectivity index (χ4n) is 1.70. The van der Waals surface area contributed by atoms with Gasteiger partial charge in [-0.25, -0.2) is 4.79 Å². The summed E-state index contributed by atoms with van der Waals surface area (Å²) in [6, 6.07) is 6.85. The summed E-state index contributed by atoms with van der Waals surface area (Å²) in [6.07, 6.45) is 0.779. The maximum atomic E-state index is 11.8. The van der Waals surface area contributed by atoms with Gasteiger partial charge in [0, 0.05) is 6.54 Å². The zero-order chi connectivity index (χ0) is 13.5. The molecule has 0 saturated heterocycles. The molecule has 0 saturated carbocycles. The number of carbonyl (C=O) groups excluding carboxylic acids is 2. The van der Waals surface area contributed by atoms with Crippen LogP contribution in [0.3, 0.4) is 0 Å². The predicted octanol–water partition coefficient (Wildman–Crippen LogP) is 1.17. The second kappa shape index (κ2) is 6.76. The number of hydrogen-bond acceptors (Lipinski definition) is 4. The summed E-state index contributed by atoms with van der Waals surface area (Å²) in [4.78, 5) is 25.0. The number of benzene rings is 1. The Balaban J connectivity index is 3.19. The lowest BCUT2D eigenvalue weighted by Gasteiger charge is -2.23. The molecule has 0 atom stereocenters. The van der Waals surface area contributed by atoms with Crippen LogP contribution in [0.15, 0.2) is 24.3 Å². The average molecular weight is 250 g/mol. The van der Waals surface area contributed by atoms with E-state index in [4.69, 9.17) is 10.5 Å². The highest BCUT2D eigenvalue weighted by Crippen LogP contribution is 2.21. The Morgan fingerprint density at radius 1 is 1.33 bits per heavy atom. The number of para-hydroxylation sites is 1. The number of amides is 1. The van der Waals surface area contributed by atoms with E-state index in [2.05, 4.69) is 0 Å². The number of carbonyl (C=O) groups is 2. The number of esters is 1. The Kier molecular flexibility index (Phi) is 5.32. The predicted molar refractivity (Wildman–Crippen MR) is 69.5 cm³/mol. The van der Waals surface area contributed by atoms with Crippen molar-refractivity contribution in [3.8, 4) is 0 Å². The number of methoxy groups -OCH3 is 1. The molecule has 0 fully saturated rings. The van der Waals surface area contributed by atoms with Crippen LogP contribution in [0.5, 0.6) is 0 Å². The van der Waals surface area contributed by atoms with E-state index >= 15 is 0 Å². The molecule has 0 aromatic heterocycles. The minimum atomic E-state index is -0.462. The summed E-state index contributed by atoms with van der Waals surface area (Å²) in [5, 5.41) is 0. The molecule has 0 aliphatic carbocycles. The number of nitrogens with zero attached hydrogens (tertiary/aromatic N) is 1. The van der Waals surface area contributed by atoms with Crippen LogP contribution in [0, 0.1) is 0 Å². The monoisotopic (exact) mass is 250 g/mol. The zero-order valence-corrected chi connectivity index (χ0v) is 10.7. The molecule has 1 amide bonds. The van der Waals surface area contributed by atoms with E-state index in [0.29, 0.717) is 17.8 Å². The first-order chi connectivity index (χ1) is 8.65. The van der Waals surface area contributed by atoms with Crippen LogP contribution in [-0.4, -0.2) is 32.1 Å². The van der Waals surface area contributed by atoms with Gasteiger partial charge in [-0.1, -0.05) is 19.1 Å². The Hall–Kier alpha value is -1.88. The van der Waals surface area contributed by atoms with Gasteiger partial charge in [0.25, 0.3) is 0 Å². The van der Waals surface area contributed by atoms with Crippen molar-refractivity contribution in [1.29, 1.82) is 0 Å². The minimum absolute atomic E-state index is 0.0878. The molecule has 0 heterocycles. The van der Waals surface area contributed by atoms with Crippen molar-refractivity contribution in [3.05, 3.63) is 29.8 Å². The van der Waals surface area contributed by atoms with Crippen LogP contribution in [0.2, 0.25) is 0 Å². The van der Waals surface area contributed by atoms with Gasteiger partial charge in [-0.3, -0.25) is 4.79 Å². The Morgan fingerprint density at radius 3 is 2.56 bits per heavy atom. The molecule has 0 aliphatic heterocycles. The van der Waals surface area contributed by atoms with Crippen LogP contribution in [0.1, 0.15) is 23.7 Å². The largest absolute Gasteiger partial charge is 0.465 e. The second-order valence-corrected chi connectivity index (χ2v) is 3.76. The van der Waals surface area contributed by atoms with Crippen LogP contribution < -0.4 is 10.6 Å². The van der Waals surface area contributed by atoms with E-state index in [-0.39, 0.29) is 12.5 Å². The molecular weight excluding hydrogens is 232 g/mol. The van der Waals surface area contributed by atoms with Gasteiger partial charge >= 0.3 is 5.97 Å². The molecule has 5 heteroatoms. The lowest BCUT2D eigenvalue weighted by molar-refractivity contribution is -0.117. The summed E-state index contributed by atoms with van der Waals surface area (Å²) < 4.78 is 4.71. The zero-order valence-electron chi connectivity index (χ0n) is 10.7. The van der Waals surface area contributed by atoms with E-state index in [1.54, 1.807) is 24.3 Å². The van der Waals surface area contributed by atoms with Crippen LogP contribution >= 0.6 is 0 Å². The molecule has 5 nitrogen and oxygen atoms in total. The van der Waals surface area contributed by atoms with Crippen molar-refractivity contribution >= 4 is 17.6 Å². The van der Waals surface area contributed by atoms with E-state index < -0.39 is 5.97 Å². The quantitative estimate of drug-likeness (QED) is 0.796. The molecule has 1 aromatic rings. The van der Waals surface area contributed by atoms with Gasteiger partial charge in [0.1, 0.15) is 0 Å². The molecule has 0 unspecified atom stereocenters. The molecule has 98 valence electrons. The average Bonchev–Trinajstić information content (AvgIpc) is 2.43. The van der Waals surface area contributed by atoms with Crippen LogP contribution in [0.25, 0.3) is 0 Å². The van der Waals surface area contributed by atoms with Crippen LogP contribution in [0.4, 0.5) is 5.69 Å². The van der Waals surface area contributed by atoms with E-state index in [0.717, 1.165) is 6.42 Å². The summed E-state index contributed by atoms with van der Waals surface area (Å²) in [6.45, 7) is 2.39. The highest BCUT2D eigenvalue weighted by atomic mass is 16.5. The van der Waals surface area contributed by atoms with Gasteiger partial charge in [-0.2, -0.15) is 0 Å². The molecular formula is C13H18N2O3. The van der Waals surface area contributed by atoms with E-state index in [1.165, 1.54) is 12.0 Å². The highest BCUT2D eigenvalue weighted by Gasteiger charge is 2.20. The van der Waals surface area contributed by atoms with Gasteiger partial charge in [0.2, 0.25) is 5.91 Å². The maximum Gasteiger partial charge on any atom is 0.339 e. The Bertz CT molecular complexity index is 432. The normalized spacial score (nSPS) is 9.94. The Labute approximate surface area is 107 Å². The first-order valence-electron chi connectivity index (χ1n) is 5.83. The van der Waals surface area contributed by atoms with Crippen molar-refractivity contribution in [3.63, 3.8) is 0 Å². The lowest BCUT2D eigenvalue weighted by Crippen LogP contribution is -2.37. The molecule has 0 aliphatic rings. The number of ether oxygens (including phenoxy) is 1. The van der Waals surface area contributed by atoms with Crippen molar-refractivity contribution in [2.75, 3.05) is 25.1 Å². The number of anilines is 1. The SMILES string of the molecule is CCCN(C(=O)CN)c1ccccc1C(=O)OC. The van der Waals surface area contributed by atoms with Gasteiger partial charge in [-0.05, 0) is 18.6 Å². The summed E-state index contributed by atoms with van der Waals surface area (Å²) in [7, 11) is 1.31. The number of hydrogen-bond donors (Lipinski definition) is 1. The first-order valence-corrected chi connectivity index (χ1v) is 5.83. The molecule has 0 radical (unpaired) electrons. The lowest BCUT2D eigenvalue weighted by atomic mass is 10.1. The molecule has 2 N–H and O–H groups in total. The van der Waals surface area contributed by atoms with E-state index in [1.807, 2.05) is 6.92 Å². The smallest absolute Gasteiger partial charge is 0.339 e. The molecule has 0 bridgehead atoms. The fourth-order valence-corrected chi connectivity index (χ4v) is 1.70. The second-order valence-electron chi connectivity index (χ2n) is 3.76. The van der Waals surface area contributed by atoms with Gasteiger partial charge < -0.3 is 15.4 Å². The molecule has 1 rings (SSSR count). The minimum Gasteiger partial charge on any atom is -0.465 e. The molecule has 1 aromatic carbocycles. The summed E-state index contributed by atoms with van der Waals surface area (Å²) >= 11 is 0. The summed E-state index contributed by atoms with van der Waals surface area (Å²) in [5.74, 6) is -0.676. The van der Waals surface area contributed by atoms with Crippen molar-refractivity contribution in [1.82, 2.24) is 0 Å². The molecule has 18 heavy (non-hydrogen) atoms. The Morgan fingerprint density at radius 2 is 2.00 bits per heavy atom. The highest BCUT2D eigenvalue weighted by molar-refractivity contribution is 6.03. The number of rotatable bonds is 5. The van der Waals surface area contributed by atoms with Gasteiger partial charge in [-0.15, -0.1) is 0 Å². The summed E-state index contributed by atoms with van der Waals surface area (Å²) in [5.41, 5.74) is 6.31. The third kappa shape index (κ3) is 3.07. The third-order valence-corrected chi connectivity index (χ3v) is 2.52. The van der Waals surface area contributed by atoms with Crippen molar-refractivity contribution in [2.24, 2.45) is 5.73 Å². The third-order valence-electron chi connectivity index (χ3n) is 2.52. The van der Waals surface area contributed by atoms with Gasteiger partial charge in [0.15, 0.2) is 0 Å². The van der Waals surface area contributed by atoms with Crippen molar-refractivity contribution < 1.29 is 14.3 Å². The number of nitrogens with two attached hydrogens (primary N) is 1. The van der Waals surface area contributed by atoms with E-state index in [9.17, 15) is 9.59 Å². The standard InChI is InChI=1S/C13H18N2O3/c1-3-8-15(12(16)9-14)11-7-5-4-6-10(11)13(17)18-2/h4-7H,3,8-9,14H2,1-2H3. The first kappa shape index (κ1) is 14.2.